The van der Waals surface area contributed by atoms with E-state index in [2.05, 4.69) is 9.88 Å². The smallest absolute Gasteiger partial charge is 0.253 e. The molecule has 2 aliphatic rings. The molecule has 0 saturated carbocycles. The van der Waals surface area contributed by atoms with Crippen molar-refractivity contribution in [3.05, 3.63) is 53.7 Å². The van der Waals surface area contributed by atoms with Crippen molar-refractivity contribution >= 4 is 23.3 Å². The number of hydrogen-bond donors (Lipinski definition) is 0. The Hall–Kier alpha value is -2.89. The lowest BCUT2D eigenvalue weighted by Gasteiger charge is -2.35. The van der Waals surface area contributed by atoms with Crippen molar-refractivity contribution in [1.29, 1.82) is 0 Å². The molecule has 6 nitrogen and oxygen atoms in total. The van der Waals surface area contributed by atoms with E-state index in [1.165, 1.54) is 0 Å². The zero-order chi connectivity index (χ0) is 18.1. The zero-order valence-electron chi connectivity index (χ0n) is 14.9. The fraction of sp³-hybridized carbons (Fsp3) is 0.350. The lowest BCUT2D eigenvalue weighted by atomic mass is 10.1. The van der Waals surface area contributed by atoms with E-state index in [0.717, 1.165) is 30.2 Å². The van der Waals surface area contributed by atoms with Gasteiger partial charge in [0.25, 0.3) is 5.91 Å². The quantitative estimate of drug-likeness (QED) is 0.849. The van der Waals surface area contributed by atoms with Gasteiger partial charge < -0.3 is 14.7 Å². The van der Waals surface area contributed by atoms with E-state index in [-0.39, 0.29) is 11.8 Å². The number of piperazine rings is 1. The van der Waals surface area contributed by atoms with Gasteiger partial charge in [0.15, 0.2) is 0 Å². The Morgan fingerprint density at radius 3 is 2.62 bits per heavy atom. The van der Waals surface area contributed by atoms with Crippen molar-refractivity contribution in [1.82, 2.24) is 9.88 Å². The number of anilines is 2. The van der Waals surface area contributed by atoms with E-state index in [1.54, 1.807) is 11.1 Å². The summed E-state index contributed by atoms with van der Waals surface area (Å²) in [6.07, 6.45) is 2.18. The first-order chi connectivity index (χ1) is 12.7. The number of fused-ring (bicyclic) bond motifs is 1. The number of amides is 2. The van der Waals surface area contributed by atoms with Crippen LogP contribution in [0.15, 0.2) is 42.6 Å². The summed E-state index contributed by atoms with van der Waals surface area (Å²) in [6.45, 7) is 5.52. The molecule has 0 radical (unpaired) electrons. The normalized spacial score (nSPS) is 16.8. The molecule has 0 N–H and O–H groups in total. The van der Waals surface area contributed by atoms with Gasteiger partial charge in [0, 0.05) is 50.2 Å². The maximum Gasteiger partial charge on any atom is 0.253 e. The van der Waals surface area contributed by atoms with E-state index in [0.29, 0.717) is 31.6 Å². The van der Waals surface area contributed by atoms with Gasteiger partial charge >= 0.3 is 0 Å². The van der Waals surface area contributed by atoms with Crippen LogP contribution in [0.3, 0.4) is 0 Å². The third-order valence-corrected chi connectivity index (χ3v) is 5.12. The Kier molecular flexibility index (Phi) is 4.32. The van der Waals surface area contributed by atoms with Crippen molar-refractivity contribution in [2.24, 2.45) is 0 Å². The first kappa shape index (κ1) is 16.6. The molecule has 0 unspecified atom stereocenters. The molecule has 1 aromatic carbocycles. The summed E-state index contributed by atoms with van der Waals surface area (Å²) in [7, 11) is 0. The lowest BCUT2D eigenvalue weighted by molar-refractivity contribution is -0.117. The van der Waals surface area contributed by atoms with Crippen LogP contribution in [-0.2, 0) is 11.2 Å². The molecule has 1 fully saturated rings. The third kappa shape index (κ3) is 2.92. The molecule has 6 heteroatoms. The second-order valence-corrected chi connectivity index (χ2v) is 6.63. The SMILES string of the molecule is CCN1C(=O)Cc2cc(C(=O)N3CCN(c4ccccn4)CC3)ccc21. The predicted octanol–water partition coefficient (Wildman–Crippen LogP) is 1.95. The molecule has 0 atom stereocenters. The van der Waals surface area contributed by atoms with Gasteiger partial charge in [-0.3, -0.25) is 9.59 Å². The summed E-state index contributed by atoms with van der Waals surface area (Å²) in [5.74, 6) is 1.10. The number of rotatable bonds is 3. The van der Waals surface area contributed by atoms with Crippen LogP contribution in [0.2, 0.25) is 0 Å². The summed E-state index contributed by atoms with van der Waals surface area (Å²) in [5, 5.41) is 0. The fourth-order valence-corrected chi connectivity index (χ4v) is 3.72. The van der Waals surface area contributed by atoms with E-state index < -0.39 is 0 Å². The van der Waals surface area contributed by atoms with Gasteiger partial charge in [0.2, 0.25) is 5.91 Å². The third-order valence-electron chi connectivity index (χ3n) is 5.12. The number of hydrogen-bond acceptors (Lipinski definition) is 4. The Labute approximate surface area is 153 Å². The van der Waals surface area contributed by atoms with Crippen molar-refractivity contribution in [2.45, 2.75) is 13.3 Å². The number of pyridine rings is 1. The highest BCUT2D eigenvalue weighted by molar-refractivity contribution is 6.03. The van der Waals surface area contributed by atoms with Crippen molar-refractivity contribution in [3.63, 3.8) is 0 Å². The minimum Gasteiger partial charge on any atom is -0.353 e. The molecule has 0 bridgehead atoms. The molecular formula is C20H22N4O2. The van der Waals surface area contributed by atoms with Gasteiger partial charge in [-0.25, -0.2) is 4.98 Å². The van der Waals surface area contributed by atoms with Crippen LogP contribution >= 0.6 is 0 Å². The highest BCUT2D eigenvalue weighted by Crippen LogP contribution is 2.30. The minimum atomic E-state index is 0.0378. The molecule has 26 heavy (non-hydrogen) atoms. The van der Waals surface area contributed by atoms with Gasteiger partial charge in [-0.15, -0.1) is 0 Å². The van der Waals surface area contributed by atoms with Gasteiger partial charge in [0.05, 0.1) is 6.42 Å². The van der Waals surface area contributed by atoms with E-state index in [4.69, 9.17) is 0 Å². The molecular weight excluding hydrogens is 328 g/mol. The number of carbonyl (C=O) groups is 2. The van der Waals surface area contributed by atoms with E-state index in [9.17, 15) is 9.59 Å². The van der Waals surface area contributed by atoms with Gasteiger partial charge in [-0.1, -0.05) is 6.07 Å². The molecule has 2 aliphatic heterocycles. The number of nitrogens with zero attached hydrogens (tertiary/aromatic N) is 4. The van der Waals surface area contributed by atoms with Crippen LogP contribution in [0, 0.1) is 0 Å². The minimum absolute atomic E-state index is 0.0378. The summed E-state index contributed by atoms with van der Waals surface area (Å²) >= 11 is 0. The zero-order valence-corrected chi connectivity index (χ0v) is 14.9. The fourth-order valence-electron chi connectivity index (χ4n) is 3.72. The van der Waals surface area contributed by atoms with Gasteiger partial charge in [0.1, 0.15) is 5.82 Å². The number of likely N-dealkylation sites (N-methyl/N-ethyl adjacent to an activating group) is 1. The summed E-state index contributed by atoms with van der Waals surface area (Å²) in [5.41, 5.74) is 2.56. The van der Waals surface area contributed by atoms with Crippen molar-refractivity contribution < 1.29 is 9.59 Å². The van der Waals surface area contributed by atoms with Gasteiger partial charge in [-0.05, 0) is 42.8 Å². The highest BCUT2D eigenvalue weighted by Gasteiger charge is 2.28. The van der Waals surface area contributed by atoms with Gasteiger partial charge in [-0.2, -0.15) is 0 Å². The van der Waals surface area contributed by atoms with Crippen LogP contribution in [0.4, 0.5) is 11.5 Å². The average Bonchev–Trinajstić information content (AvgIpc) is 3.02. The number of aromatic nitrogens is 1. The standard InChI is InChI=1S/C20H22N4O2/c1-2-24-17-7-6-15(13-16(17)14-19(24)25)20(26)23-11-9-22(10-12-23)18-5-3-4-8-21-18/h3-8,13H,2,9-12,14H2,1H3. The molecule has 0 spiro atoms. The van der Waals surface area contributed by atoms with E-state index >= 15 is 0 Å². The lowest BCUT2D eigenvalue weighted by Crippen LogP contribution is -2.49. The summed E-state index contributed by atoms with van der Waals surface area (Å²) < 4.78 is 0. The predicted molar refractivity (Wildman–Crippen MR) is 101 cm³/mol. The van der Waals surface area contributed by atoms with Crippen LogP contribution in [0.5, 0.6) is 0 Å². The summed E-state index contributed by atoms with van der Waals surface area (Å²) in [4.78, 5) is 35.1. The Morgan fingerprint density at radius 2 is 1.92 bits per heavy atom. The molecule has 4 rings (SSSR count). The molecule has 3 heterocycles. The molecule has 134 valence electrons. The van der Waals surface area contributed by atoms with Crippen LogP contribution in [0.25, 0.3) is 0 Å². The first-order valence-electron chi connectivity index (χ1n) is 9.06. The molecule has 0 aliphatic carbocycles. The first-order valence-corrected chi connectivity index (χ1v) is 9.06. The maximum atomic E-state index is 12.9. The van der Waals surface area contributed by atoms with E-state index in [1.807, 2.05) is 48.2 Å². The average molecular weight is 350 g/mol. The largest absolute Gasteiger partial charge is 0.353 e. The molecule has 1 aromatic heterocycles. The maximum absolute atomic E-state index is 12.9. The monoisotopic (exact) mass is 350 g/mol. The summed E-state index contributed by atoms with van der Waals surface area (Å²) in [6, 6.07) is 11.5. The molecule has 2 aromatic rings. The van der Waals surface area contributed by atoms with Crippen LogP contribution in [-0.4, -0.2) is 54.4 Å². The van der Waals surface area contributed by atoms with Crippen molar-refractivity contribution in [3.8, 4) is 0 Å². The Bertz CT molecular complexity index is 829. The number of carbonyl (C=O) groups excluding carboxylic acids is 2. The van der Waals surface area contributed by atoms with Crippen molar-refractivity contribution in [2.75, 3.05) is 42.5 Å². The molecule has 1 saturated heterocycles. The molecule has 2 amide bonds. The number of benzene rings is 1. The van der Waals surface area contributed by atoms with Crippen LogP contribution in [0.1, 0.15) is 22.8 Å². The second-order valence-electron chi connectivity index (χ2n) is 6.63. The second kappa shape index (κ2) is 6.78. The van der Waals surface area contributed by atoms with Crippen LogP contribution < -0.4 is 9.80 Å². The highest BCUT2D eigenvalue weighted by atomic mass is 16.2. The Morgan fingerprint density at radius 1 is 1.12 bits per heavy atom. The topological polar surface area (TPSA) is 56.8 Å². The Balaban J connectivity index is 1.45.